The summed E-state index contributed by atoms with van der Waals surface area (Å²) in [6.45, 7) is 1.60. The van der Waals surface area contributed by atoms with Gasteiger partial charge >= 0.3 is 0 Å². The van der Waals surface area contributed by atoms with E-state index in [1.807, 2.05) is 0 Å². The van der Waals surface area contributed by atoms with Crippen molar-refractivity contribution >= 4 is 0 Å². The molecule has 2 aliphatic rings. The van der Waals surface area contributed by atoms with Crippen molar-refractivity contribution in [3.63, 3.8) is 0 Å². The number of para-hydroxylation sites is 1. The SMILES string of the molecule is OC1c2cccc(F)c2OC12CCNCC2. The number of hydrogen-bond donors (Lipinski definition) is 2. The van der Waals surface area contributed by atoms with E-state index in [-0.39, 0.29) is 11.6 Å². The zero-order valence-corrected chi connectivity index (χ0v) is 8.87. The fourth-order valence-electron chi connectivity index (χ4n) is 2.62. The minimum Gasteiger partial charge on any atom is -0.481 e. The minimum absolute atomic E-state index is 0.233. The van der Waals surface area contributed by atoms with Crippen molar-refractivity contribution in [1.82, 2.24) is 5.32 Å². The van der Waals surface area contributed by atoms with Crippen LogP contribution >= 0.6 is 0 Å². The minimum atomic E-state index is -0.708. The first-order chi connectivity index (χ1) is 7.73. The molecular weight excluding hydrogens is 209 g/mol. The Morgan fingerprint density at radius 1 is 1.38 bits per heavy atom. The van der Waals surface area contributed by atoms with Crippen LogP contribution in [0.25, 0.3) is 0 Å². The quantitative estimate of drug-likeness (QED) is 0.698. The number of aliphatic hydroxyl groups excluding tert-OH is 1. The third kappa shape index (κ3) is 1.26. The maximum atomic E-state index is 13.6. The Morgan fingerprint density at radius 2 is 2.12 bits per heavy atom. The van der Waals surface area contributed by atoms with Crippen LogP contribution in [0.5, 0.6) is 5.75 Å². The van der Waals surface area contributed by atoms with Gasteiger partial charge in [0.15, 0.2) is 11.6 Å². The summed E-state index contributed by atoms with van der Waals surface area (Å²) in [5.74, 6) is -0.149. The first-order valence-corrected chi connectivity index (χ1v) is 5.59. The molecule has 1 fully saturated rings. The van der Waals surface area contributed by atoms with Gasteiger partial charge in [-0.25, -0.2) is 4.39 Å². The van der Waals surface area contributed by atoms with E-state index in [9.17, 15) is 9.50 Å². The highest BCUT2D eigenvalue weighted by molar-refractivity contribution is 5.43. The van der Waals surface area contributed by atoms with Crippen LogP contribution in [0.1, 0.15) is 24.5 Å². The summed E-state index contributed by atoms with van der Waals surface area (Å²) >= 11 is 0. The average Bonchev–Trinajstić information content (AvgIpc) is 2.57. The largest absolute Gasteiger partial charge is 0.481 e. The second kappa shape index (κ2) is 3.43. The van der Waals surface area contributed by atoms with Gasteiger partial charge in [0.25, 0.3) is 0 Å². The summed E-state index contributed by atoms with van der Waals surface area (Å²) in [4.78, 5) is 0. The summed E-state index contributed by atoms with van der Waals surface area (Å²) in [5, 5.41) is 13.5. The fourth-order valence-corrected chi connectivity index (χ4v) is 2.62. The van der Waals surface area contributed by atoms with Gasteiger partial charge in [-0.1, -0.05) is 12.1 Å². The molecule has 1 atom stereocenters. The number of rotatable bonds is 0. The highest BCUT2D eigenvalue weighted by atomic mass is 19.1. The van der Waals surface area contributed by atoms with Crippen molar-refractivity contribution in [2.24, 2.45) is 0 Å². The molecule has 2 N–H and O–H groups in total. The van der Waals surface area contributed by atoms with Crippen LogP contribution in [0.3, 0.4) is 0 Å². The molecule has 4 heteroatoms. The second-order valence-electron chi connectivity index (χ2n) is 4.48. The van der Waals surface area contributed by atoms with Crippen LogP contribution in [0.15, 0.2) is 18.2 Å². The van der Waals surface area contributed by atoms with Crippen LogP contribution in [0.2, 0.25) is 0 Å². The number of ether oxygens (including phenoxy) is 1. The third-order valence-corrected chi connectivity index (χ3v) is 3.55. The Bertz CT molecular complexity index is 415. The van der Waals surface area contributed by atoms with E-state index >= 15 is 0 Å². The summed E-state index contributed by atoms with van der Waals surface area (Å²) in [5.41, 5.74) is -0.0302. The van der Waals surface area contributed by atoms with Crippen molar-refractivity contribution in [2.45, 2.75) is 24.5 Å². The van der Waals surface area contributed by atoms with Crippen LogP contribution in [-0.4, -0.2) is 23.8 Å². The number of aliphatic hydroxyl groups is 1. The highest BCUT2D eigenvalue weighted by Gasteiger charge is 2.49. The summed E-state index contributed by atoms with van der Waals surface area (Å²) in [7, 11) is 0. The Morgan fingerprint density at radius 3 is 2.81 bits per heavy atom. The number of benzene rings is 1. The van der Waals surface area contributed by atoms with E-state index in [1.165, 1.54) is 6.07 Å². The monoisotopic (exact) mass is 223 g/mol. The summed E-state index contributed by atoms with van der Waals surface area (Å²) in [6.07, 6.45) is 0.713. The van der Waals surface area contributed by atoms with Gasteiger partial charge in [0, 0.05) is 18.4 Å². The molecule has 1 aromatic rings. The predicted octanol–water partition coefficient (Wildman–Crippen LogP) is 1.37. The Hall–Kier alpha value is -1.13. The van der Waals surface area contributed by atoms with Crippen molar-refractivity contribution < 1.29 is 14.2 Å². The fraction of sp³-hybridized carbons (Fsp3) is 0.500. The Labute approximate surface area is 93.2 Å². The average molecular weight is 223 g/mol. The lowest BCUT2D eigenvalue weighted by Gasteiger charge is -2.35. The molecule has 0 bridgehead atoms. The van der Waals surface area contributed by atoms with Crippen LogP contribution < -0.4 is 10.1 Å². The van der Waals surface area contributed by atoms with Crippen molar-refractivity contribution in [3.8, 4) is 5.75 Å². The molecule has 2 heterocycles. The third-order valence-electron chi connectivity index (χ3n) is 3.55. The van der Waals surface area contributed by atoms with E-state index < -0.39 is 11.7 Å². The molecule has 1 aromatic carbocycles. The first-order valence-electron chi connectivity index (χ1n) is 5.59. The van der Waals surface area contributed by atoms with Gasteiger partial charge < -0.3 is 15.2 Å². The second-order valence-corrected chi connectivity index (χ2v) is 4.48. The van der Waals surface area contributed by atoms with E-state index in [4.69, 9.17) is 4.74 Å². The molecule has 3 rings (SSSR count). The Kier molecular flexibility index (Phi) is 2.16. The van der Waals surface area contributed by atoms with E-state index in [1.54, 1.807) is 12.1 Å². The van der Waals surface area contributed by atoms with Gasteiger partial charge in [-0.15, -0.1) is 0 Å². The van der Waals surface area contributed by atoms with Gasteiger partial charge in [0.2, 0.25) is 0 Å². The summed E-state index contributed by atoms with van der Waals surface area (Å²) in [6, 6.07) is 4.71. The lowest BCUT2D eigenvalue weighted by molar-refractivity contribution is -0.0495. The van der Waals surface area contributed by atoms with E-state index in [2.05, 4.69) is 5.32 Å². The molecule has 86 valence electrons. The van der Waals surface area contributed by atoms with Gasteiger partial charge in [0.05, 0.1) is 0 Å². The maximum Gasteiger partial charge on any atom is 0.165 e. The molecule has 0 saturated carbocycles. The smallest absolute Gasteiger partial charge is 0.165 e. The molecular formula is C12H14FNO2. The molecule has 2 aliphatic heterocycles. The number of halogens is 1. The number of nitrogens with one attached hydrogen (secondary N) is 1. The Balaban J connectivity index is 2.02. The molecule has 0 radical (unpaired) electrons. The normalized spacial score (nSPS) is 26.5. The number of piperidine rings is 1. The molecule has 1 saturated heterocycles. The molecule has 0 amide bonds. The molecule has 0 aromatic heterocycles. The van der Waals surface area contributed by atoms with Crippen molar-refractivity contribution in [3.05, 3.63) is 29.6 Å². The number of hydrogen-bond acceptors (Lipinski definition) is 3. The van der Waals surface area contributed by atoms with E-state index in [0.29, 0.717) is 18.4 Å². The first kappa shape index (κ1) is 10.1. The van der Waals surface area contributed by atoms with Crippen molar-refractivity contribution in [2.75, 3.05) is 13.1 Å². The van der Waals surface area contributed by atoms with Crippen LogP contribution in [0.4, 0.5) is 4.39 Å². The van der Waals surface area contributed by atoms with Gasteiger partial charge in [-0.2, -0.15) is 0 Å². The van der Waals surface area contributed by atoms with Gasteiger partial charge in [-0.05, 0) is 19.2 Å². The van der Waals surface area contributed by atoms with Crippen molar-refractivity contribution in [1.29, 1.82) is 0 Å². The maximum absolute atomic E-state index is 13.6. The highest BCUT2D eigenvalue weighted by Crippen LogP contribution is 2.48. The van der Waals surface area contributed by atoms with E-state index in [0.717, 1.165) is 13.1 Å². The zero-order chi connectivity index (χ0) is 11.2. The zero-order valence-electron chi connectivity index (χ0n) is 8.87. The lowest BCUT2D eigenvalue weighted by Crippen LogP contribution is -2.47. The van der Waals surface area contributed by atoms with Crippen LogP contribution in [-0.2, 0) is 0 Å². The standard InChI is InChI=1S/C12H14FNO2/c13-9-3-1-2-8-10(9)16-12(11(8)15)4-6-14-7-5-12/h1-3,11,14-15H,4-7H2. The molecule has 1 unspecified atom stereocenters. The lowest BCUT2D eigenvalue weighted by atomic mass is 9.85. The molecule has 16 heavy (non-hydrogen) atoms. The summed E-state index contributed by atoms with van der Waals surface area (Å²) < 4.78 is 19.3. The van der Waals surface area contributed by atoms with Crippen LogP contribution in [0, 0.1) is 5.82 Å². The topological polar surface area (TPSA) is 41.5 Å². The molecule has 1 spiro atoms. The van der Waals surface area contributed by atoms with Gasteiger partial charge in [0.1, 0.15) is 11.7 Å². The van der Waals surface area contributed by atoms with Gasteiger partial charge in [-0.3, -0.25) is 0 Å². The molecule has 3 nitrogen and oxygen atoms in total. The molecule has 0 aliphatic carbocycles. The number of fused-ring (bicyclic) bond motifs is 1. The predicted molar refractivity (Wildman–Crippen MR) is 56.8 cm³/mol.